The van der Waals surface area contributed by atoms with Crippen molar-refractivity contribution in [1.82, 2.24) is 10.2 Å². The third-order valence-electron chi connectivity index (χ3n) is 4.30. The number of aliphatic hydroxyl groups is 1. The highest BCUT2D eigenvalue weighted by molar-refractivity contribution is 8.26. The van der Waals surface area contributed by atoms with E-state index in [2.05, 4.69) is 5.32 Å². The van der Waals surface area contributed by atoms with Crippen LogP contribution in [0.25, 0.3) is 6.08 Å². The molecule has 0 aromatic heterocycles. The Bertz CT molecular complexity index is 829. The first kappa shape index (κ1) is 21.0. The van der Waals surface area contributed by atoms with Gasteiger partial charge in [0.2, 0.25) is 5.91 Å². The van der Waals surface area contributed by atoms with E-state index < -0.39 is 6.10 Å². The standard InChI is InChI=1S/C18H20N2O5S3/c1-24-11-3-4-14(25-2)10(5-11)6-15-17(23)20(18(26)28-15)7-16(22)19-12-8-27-9-13(12)21/h3-6,12-13,21H,7-9H2,1-2H3,(H,19,22)/b15-6-/t12-,13+/m0/s1. The zero-order chi connectivity index (χ0) is 20.3. The molecule has 2 atom stereocenters. The predicted octanol–water partition coefficient (Wildman–Crippen LogP) is 1.50. The van der Waals surface area contributed by atoms with Gasteiger partial charge in [-0.25, -0.2) is 0 Å². The molecule has 10 heteroatoms. The Kier molecular flexibility index (Phi) is 6.86. The molecule has 28 heavy (non-hydrogen) atoms. The normalized spacial score (nSPS) is 23.4. The molecule has 1 aromatic rings. The molecular formula is C18H20N2O5S3. The van der Waals surface area contributed by atoms with E-state index in [0.29, 0.717) is 37.8 Å². The fourth-order valence-electron chi connectivity index (χ4n) is 2.81. The lowest BCUT2D eigenvalue weighted by molar-refractivity contribution is -0.129. The van der Waals surface area contributed by atoms with Crippen molar-refractivity contribution >= 4 is 58.0 Å². The Hall–Kier alpha value is -1.75. The summed E-state index contributed by atoms with van der Waals surface area (Å²) in [6, 6.07) is 4.98. The Morgan fingerprint density at radius 3 is 2.82 bits per heavy atom. The smallest absolute Gasteiger partial charge is 0.266 e. The molecule has 2 N–H and O–H groups in total. The van der Waals surface area contributed by atoms with Crippen molar-refractivity contribution in [2.24, 2.45) is 0 Å². The Balaban J connectivity index is 1.73. The Labute approximate surface area is 176 Å². The number of thioether (sulfide) groups is 2. The van der Waals surface area contributed by atoms with Crippen LogP contribution in [0.15, 0.2) is 23.1 Å². The van der Waals surface area contributed by atoms with E-state index in [9.17, 15) is 14.7 Å². The third-order valence-corrected chi connectivity index (χ3v) is 6.85. The van der Waals surface area contributed by atoms with E-state index in [1.54, 1.807) is 50.3 Å². The molecule has 0 bridgehead atoms. The summed E-state index contributed by atoms with van der Waals surface area (Å²) in [4.78, 5) is 26.7. The minimum absolute atomic E-state index is 0.175. The summed E-state index contributed by atoms with van der Waals surface area (Å²) in [6.45, 7) is -0.175. The van der Waals surface area contributed by atoms with Crippen LogP contribution in [0.5, 0.6) is 11.5 Å². The van der Waals surface area contributed by atoms with Gasteiger partial charge in [0.05, 0.1) is 31.3 Å². The van der Waals surface area contributed by atoms with E-state index in [0.717, 1.165) is 11.8 Å². The molecule has 0 radical (unpaired) electrons. The number of thiocarbonyl (C=S) groups is 1. The quantitative estimate of drug-likeness (QED) is 0.508. The zero-order valence-corrected chi connectivity index (χ0v) is 17.8. The van der Waals surface area contributed by atoms with Crippen LogP contribution < -0.4 is 14.8 Å². The maximum atomic E-state index is 12.8. The van der Waals surface area contributed by atoms with E-state index in [1.807, 2.05) is 0 Å². The largest absolute Gasteiger partial charge is 0.497 e. The first-order valence-corrected chi connectivity index (χ1v) is 10.8. The molecule has 2 fully saturated rings. The minimum Gasteiger partial charge on any atom is -0.497 e. The summed E-state index contributed by atoms with van der Waals surface area (Å²) in [5, 5.41) is 12.6. The molecule has 2 aliphatic heterocycles. The fourth-order valence-corrected chi connectivity index (χ4v) is 5.22. The molecule has 0 spiro atoms. The molecule has 0 aliphatic carbocycles. The molecule has 7 nitrogen and oxygen atoms in total. The van der Waals surface area contributed by atoms with E-state index >= 15 is 0 Å². The van der Waals surface area contributed by atoms with Gasteiger partial charge in [-0.05, 0) is 24.3 Å². The molecule has 2 aliphatic rings. The number of hydrogen-bond acceptors (Lipinski definition) is 8. The first-order chi connectivity index (χ1) is 13.4. The van der Waals surface area contributed by atoms with Gasteiger partial charge in [-0.15, -0.1) is 0 Å². The summed E-state index contributed by atoms with van der Waals surface area (Å²) in [5.41, 5.74) is 0.679. The second kappa shape index (κ2) is 9.17. The van der Waals surface area contributed by atoms with Crippen molar-refractivity contribution in [2.45, 2.75) is 12.1 Å². The number of carbonyl (C=O) groups excluding carboxylic acids is 2. The molecule has 0 unspecified atom stereocenters. The highest BCUT2D eigenvalue weighted by atomic mass is 32.2. The Morgan fingerprint density at radius 1 is 1.39 bits per heavy atom. The van der Waals surface area contributed by atoms with Crippen LogP contribution >= 0.6 is 35.7 Å². The number of benzene rings is 1. The highest BCUT2D eigenvalue weighted by Gasteiger charge is 2.35. The van der Waals surface area contributed by atoms with Crippen molar-refractivity contribution in [3.8, 4) is 11.5 Å². The Morgan fingerprint density at radius 2 is 2.18 bits per heavy atom. The average molecular weight is 441 g/mol. The summed E-state index contributed by atoms with van der Waals surface area (Å²) >= 11 is 7.99. The highest BCUT2D eigenvalue weighted by Crippen LogP contribution is 2.35. The second-order valence-electron chi connectivity index (χ2n) is 6.15. The van der Waals surface area contributed by atoms with Gasteiger partial charge in [-0.1, -0.05) is 24.0 Å². The number of carbonyl (C=O) groups is 2. The summed E-state index contributed by atoms with van der Waals surface area (Å²) in [7, 11) is 3.11. The van der Waals surface area contributed by atoms with Gasteiger partial charge >= 0.3 is 0 Å². The predicted molar refractivity (Wildman–Crippen MR) is 115 cm³/mol. The third kappa shape index (κ3) is 4.62. The number of nitrogens with one attached hydrogen (secondary N) is 1. The van der Waals surface area contributed by atoms with Crippen LogP contribution in [-0.4, -0.2) is 70.6 Å². The molecule has 2 saturated heterocycles. The SMILES string of the molecule is COc1ccc(OC)c(/C=C2\SC(=S)N(CC(=O)N[C@H]3CSC[C@H]3O)C2=O)c1. The van der Waals surface area contributed by atoms with Gasteiger partial charge in [0.1, 0.15) is 22.4 Å². The summed E-state index contributed by atoms with van der Waals surface area (Å²) in [5.74, 6) is 1.80. The van der Waals surface area contributed by atoms with Crippen molar-refractivity contribution in [2.75, 3.05) is 32.3 Å². The molecule has 2 heterocycles. The monoisotopic (exact) mass is 440 g/mol. The maximum Gasteiger partial charge on any atom is 0.266 e. The van der Waals surface area contributed by atoms with Crippen molar-refractivity contribution in [3.05, 3.63) is 28.7 Å². The van der Waals surface area contributed by atoms with Gasteiger partial charge in [0.15, 0.2) is 0 Å². The van der Waals surface area contributed by atoms with E-state index in [-0.39, 0.29) is 24.4 Å². The molecule has 2 amide bonds. The fraction of sp³-hybridized carbons (Fsp3) is 0.389. The van der Waals surface area contributed by atoms with Gasteiger partial charge in [-0.2, -0.15) is 11.8 Å². The number of rotatable bonds is 6. The lowest BCUT2D eigenvalue weighted by Crippen LogP contribution is -2.47. The topological polar surface area (TPSA) is 88.1 Å². The zero-order valence-electron chi connectivity index (χ0n) is 15.3. The van der Waals surface area contributed by atoms with Crippen LogP contribution in [0.1, 0.15) is 5.56 Å². The summed E-state index contributed by atoms with van der Waals surface area (Å²) < 4.78 is 10.9. The first-order valence-electron chi connectivity index (χ1n) is 8.45. The summed E-state index contributed by atoms with van der Waals surface area (Å²) in [6.07, 6.45) is 1.11. The van der Waals surface area contributed by atoms with Gasteiger partial charge in [0.25, 0.3) is 5.91 Å². The molecule has 0 saturated carbocycles. The van der Waals surface area contributed by atoms with Gasteiger partial charge < -0.3 is 19.9 Å². The average Bonchev–Trinajstić information content (AvgIpc) is 3.19. The molecule has 1 aromatic carbocycles. The van der Waals surface area contributed by atoms with Crippen LogP contribution in [0, 0.1) is 0 Å². The number of methoxy groups -OCH3 is 2. The lowest BCUT2D eigenvalue weighted by atomic mass is 10.1. The van der Waals surface area contributed by atoms with Crippen LogP contribution in [0.3, 0.4) is 0 Å². The second-order valence-corrected chi connectivity index (χ2v) is 8.91. The van der Waals surface area contributed by atoms with Crippen molar-refractivity contribution in [3.63, 3.8) is 0 Å². The van der Waals surface area contributed by atoms with Crippen LogP contribution in [-0.2, 0) is 9.59 Å². The van der Waals surface area contributed by atoms with Gasteiger partial charge in [-0.3, -0.25) is 14.5 Å². The molecule has 150 valence electrons. The number of hydrogen-bond donors (Lipinski definition) is 2. The molecule has 3 rings (SSSR count). The van der Waals surface area contributed by atoms with Crippen LogP contribution in [0.2, 0.25) is 0 Å². The molecular weight excluding hydrogens is 420 g/mol. The number of aliphatic hydroxyl groups excluding tert-OH is 1. The van der Waals surface area contributed by atoms with Gasteiger partial charge in [0, 0.05) is 17.1 Å². The number of amides is 2. The minimum atomic E-state index is -0.569. The van der Waals surface area contributed by atoms with Crippen molar-refractivity contribution < 1.29 is 24.2 Å². The maximum absolute atomic E-state index is 12.8. The number of ether oxygens (including phenoxy) is 2. The van der Waals surface area contributed by atoms with E-state index in [1.165, 1.54) is 4.90 Å². The van der Waals surface area contributed by atoms with E-state index in [4.69, 9.17) is 21.7 Å². The lowest BCUT2D eigenvalue weighted by Gasteiger charge is -2.18. The number of nitrogens with zero attached hydrogens (tertiary/aromatic N) is 1. The van der Waals surface area contributed by atoms with Crippen LogP contribution in [0.4, 0.5) is 0 Å². The van der Waals surface area contributed by atoms with Crippen molar-refractivity contribution in [1.29, 1.82) is 0 Å².